The number of para-hydroxylation sites is 1. The average molecular weight is 413 g/mol. The molecule has 0 amide bonds. The fourth-order valence-corrected chi connectivity index (χ4v) is 4.03. The molecule has 0 aliphatic carbocycles. The maximum Gasteiger partial charge on any atom is 0.303 e. The second-order valence-electron chi connectivity index (χ2n) is 8.47. The van der Waals surface area contributed by atoms with Gasteiger partial charge in [0.15, 0.2) is 0 Å². The summed E-state index contributed by atoms with van der Waals surface area (Å²) in [5, 5.41) is 8.60. The molecule has 1 aromatic carbocycles. The number of hydrogen-bond acceptors (Lipinski definition) is 2. The smallest absolute Gasteiger partial charge is 0.303 e. The van der Waals surface area contributed by atoms with Crippen molar-refractivity contribution in [3.05, 3.63) is 48.0 Å². The second-order valence-corrected chi connectivity index (χ2v) is 8.47. The lowest BCUT2D eigenvalue weighted by molar-refractivity contribution is -0.137. The van der Waals surface area contributed by atoms with Crippen LogP contribution < -0.4 is 0 Å². The molecular weight excluding hydrogens is 372 g/mol. The van der Waals surface area contributed by atoms with E-state index in [4.69, 9.17) is 10.1 Å². The number of benzene rings is 1. The van der Waals surface area contributed by atoms with Crippen molar-refractivity contribution in [3.8, 4) is 5.69 Å². The SMILES string of the molecule is Cc1nc(CCCCCCCCCCCCCCCC(=O)O)cn1-c1ccccc1. The van der Waals surface area contributed by atoms with Gasteiger partial charge in [-0.1, -0.05) is 88.8 Å². The summed E-state index contributed by atoms with van der Waals surface area (Å²) in [7, 11) is 0. The van der Waals surface area contributed by atoms with E-state index in [0.29, 0.717) is 6.42 Å². The van der Waals surface area contributed by atoms with Crippen LogP contribution in [0.25, 0.3) is 5.69 Å². The zero-order valence-corrected chi connectivity index (χ0v) is 18.8. The molecule has 0 saturated heterocycles. The minimum atomic E-state index is -0.663. The van der Waals surface area contributed by atoms with E-state index >= 15 is 0 Å². The van der Waals surface area contributed by atoms with Gasteiger partial charge in [0.25, 0.3) is 0 Å². The topological polar surface area (TPSA) is 55.1 Å². The molecule has 0 spiro atoms. The first-order valence-electron chi connectivity index (χ1n) is 12.0. The van der Waals surface area contributed by atoms with Crippen molar-refractivity contribution in [1.29, 1.82) is 0 Å². The third-order valence-electron chi connectivity index (χ3n) is 5.79. The molecule has 1 heterocycles. The van der Waals surface area contributed by atoms with Crippen LogP contribution >= 0.6 is 0 Å². The number of nitrogens with zero attached hydrogens (tertiary/aromatic N) is 2. The van der Waals surface area contributed by atoms with Crippen molar-refractivity contribution >= 4 is 5.97 Å². The fourth-order valence-electron chi connectivity index (χ4n) is 4.03. The first-order valence-corrected chi connectivity index (χ1v) is 12.0. The second kappa shape index (κ2) is 14.8. The van der Waals surface area contributed by atoms with Crippen LogP contribution in [0.4, 0.5) is 0 Å². The largest absolute Gasteiger partial charge is 0.481 e. The van der Waals surface area contributed by atoms with Crippen molar-refractivity contribution in [2.45, 2.75) is 103 Å². The van der Waals surface area contributed by atoms with Crippen molar-refractivity contribution < 1.29 is 9.90 Å². The van der Waals surface area contributed by atoms with Crippen LogP contribution in [0.1, 0.15) is 101 Å². The van der Waals surface area contributed by atoms with Crippen molar-refractivity contribution in [2.24, 2.45) is 0 Å². The highest BCUT2D eigenvalue weighted by Crippen LogP contribution is 2.16. The summed E-state index contributed by atoms with van der Waals surface area (Å²) in [5.41, 5.74) is 2.39. The standard InChI is InChI=1S/C26H40N2O2/c1-23-27-24(22-28(23)25-19-15-13-16-20-25)18-14-11-9-7-5-3-2-4-6-8-10-12-17-21-26(29)30/h13,15-16,19-20,22H,2-12,14,17-18,21H2,1H3,(H,29,30). The Morgan fingerprint density at radius 3 is 1.83 bits per heavy atom. The van der Waals surface area contributed by atoms with E-state index in [1.165, 1.54) is 82.0 Å². The molecule has 2 rings (SSSR count). The monoisotopic (exact) mass is 412 g/mol. The lowest BCUT2D eigenvalue weighted by atomic mass is 10.0. The summed E-state index contributed by atoms with van der Waals surface area (Å²) < 4.78 is 2.19. The van der Waals surface area contributed by atoms with Crippen molar-refractivity contribution in [3.63, 3.8) is 0 Å². The summed E-state index contributed by atoms with van der Waals surface area (Å²) in [5.74, 6) is 0.403. The number of aromatic nitrogens is 2. The number of hydrogen-bond donors (Lipinski definition) is 1. The molecular formula is C26H40N2O2. The van der Waals surface area contributed by atoms with E-state index < -0.39 is 5.97 Å². The maximum absolute atomic E-state index is 10.4. The van der Waals surface area contributed by atoms with Crippen molar-refractivity contribution in [1.82, 2.24) is 9.55 Å². The number of rotatable bonds is 17. The highest BCUT2D eigenvalue weighted by Gasteiger charge is 2.05. The molecule has 0 bridgehead atoms. The maximum atomic E-state index is 10.4. The van der Waals surface area contributed by atoms with Gasteiger partial charge in [-0.3, -0.25) is 4.79 Å². The quantitative estimate of drug-likeness (QED) is 0.278. The van der Waals surface area contributed by atoms with E-state index in [2.05, 4.69) is 42.0 Å². The molecule has 0 aliphatic rings. The first-order chi connectivity index (χ1) is 14.7. The Hall–Kier alpha value is -2.10. The van der Waals surface area contributed by atoms with E-state index in [9.17, 15) is 4.79 Å². The van der Waals surface area contributed by atoms with Gasteiger partial charge in [-0.2, -0.15) is 0 Å². The predicted octanol–water partition coefficient (Wildman–Crippen LogP) is 7.27. The molecule has 0 atom stereocenters. The number of carboxylic acids is 1. The third kappa shape index (κ3) is 10.1. The first kappa shape index (κ1) is 24.2. The molecule has 0 radical (unpaired) electrons. The Kier molecular flexibility index (Phi) is 11.9. The number of carboxylic acid groups (broad SMARTS) is 1. The van der Waals surface area contributed by atoms with Gasteiger partial charge in [-0.25, -0.2) is 4.98 Å². The van der Waals surface area contributed by atoms with Gasteiger partial charge in [-0.05, 0) is 38.3 Å². The lowest BCUT2D eigenvalue weighted by Crippen LogP contribution is -1.93. The Morgan fingerprint density at radius 2 is 1.30 bits per heavy atom. The van der Waals surface area contributed by atoms with Crippen LogP contribution in [0, 0.1) is 6.92 Å². The van der Waals surface area contributed by atoms with Gasteiger partial charge in [0.2, 0.25) is 0 Å². The van der Waals surface area contributed by atoms with Gasteiger partial charge >= 0.3 is 5.97 Å². The number of carbonyl (C=O) groups is 1. The highest BCUT2D eigenvalue weighted by molar-refractivity contribution is 5.66. The average Bonchev–Trinajstić information content (AvgIpc) is 3.11. The minimum Gasteiger partial charge on any atom is -0.481 e. The molecule has 0 unspecified atom stereocenters. The number of aliphatic carboxylic acids is 1. The fraction of sp³-hybridized carbons (Fsp3) is 0.615. The highest BCUT2D eigenvalue weighted by atomic mass is 16.4. The van der Waals surface area contributed by atoms with Crippen LogP contribution in [0.15, 0.2) is 36.5 Å². The molecule has 0 saturated carbocycles. The van der Waals surface area contributed by atoms with Crippen molar-refractivity contribution in [2.75, 3.05) is 0 Å². The van der Waals surface area contributed by atoms with E-state index in [-0.39, 0.29) is 0 Å². The number of imidazole rings is 1. The Labute approximate surface area is 182 Å². The van der Waals surface area contributed by atoms with Gasteiger partial charge in [0.1, 0.15) is 5.82 Å². The molecule has 30 heavy (non-hydrogen) atoms. The summed E-state index contributed by atoms with van der Waals surface area (Å²) in [6.07, 6.45) is 19.9. The molecule has 1 N–H and O–H groups in total. The van der Waals surface area contributed by atoms with Crippen LogP contribution in [0.5, 0.6) is 0 Å². The zero-order chi connectivity index (χ0) is 21.4. The van der Waals surface area contributed by atoms with Gasteiger partial charge < -0.3 is 9.67 Å². The Morgan fingerprint density at radius 1 is 0.800 bits per heavy atom. The van der Waals surface area contributed by atoms with Gasteiger partial charge in [0.05, 0.1) is 5.69 Å². The molecule has 2 aromatic rings. The summed E-state index contributed by atoms with van der Waals surface area (Å²) in [6.45, 7) is 2.08. The Balaban J connectivity index is 1.41. The summed E-state index contributed by atoms with van der Waals surface area (Å²) >= 11 is 0. The number of unbranched alkanes of at least 4 members (excludes halogenated alkanes) is 12. The molecule has 0 fully saturated rings. The summed E-state index contributed by atoms with van der Waals surface area (Å²) in [6, 6.07) is 10.4. The van der Waals surface area contributed by atoms with Crippen LogP contribution in [-0.4, -0.2) is 20.6 Å². The minimum absolute atomic E-state index is 0.330. The Bertz CT molecular complexity index is 709. The van der Waals surface area contributed by atoms with E-state index in [1.54, 1.807) is 0 Å². The van der Waals surface area contributed by atoms with E-state index in [1.807, 2.05) is 6.07 Å². The molecule has 0 aliphatic heterocycles. The predicted molar refractivity (Wildman–Crippen MR) is 124 cm³/mol. The zero-order valence-electron chi connectivity index (χ0n) is 18.8. The summed E-state index contributed by atoms with van der Waals surface area (Å²) in [4.78, 5) is 15.2. The number of aryl methyl sites for hydroxylation is 2. The molecule has 1 aromatic heterocycles. The molecule has 4 heteroatoms. The van der Waals surface area contributed by atoms with E-state index in [0.717, 1.165) is 25.1 Å². The molecule has 166 valence electrons. The van der Waals surface area contributed by atoms with Crippen LogP contribution in [-0.2, 0) is 11.2 Å². The van der Waals surface area contributed by atoms with Crippen LogP contribution in [0.2, 0.25) is 0 Å². The van der Waals surface area contributed by atoms with Crippen LogP contribution in [0.3, 0.4) is 0 Å². The van der Waals surface area contributed by atoms with Gasteiger partial charge in [-0.15, -0.1) is 0 Å². The lowest BCUT2D eigenvalue weighted by Gasteiger charge is -2.03. The molecule has 4 nitrogen and oxygen atoms in total. The normalized spacial score (nSPS) is 11.1. The third-order valence-corrected chi connectivity index (χ3v) is 5.79. The van der Waals surface area contributed by atoms with Gasteiger partial charge in [0, 0.05) is 18.3 Å².